The summed E-state index contributed by atoms with van der Waals surface area (Å²) in [5.74, 6) is -1.82. The first kappa shape index (κ1) is 21.3. The molecule has 158 valence electrons. The predicted molar refractivity (Wildman–Crippen MR) is 107 cm³/mol. The van der Waals surface area contributed by atoms with E-state index in [4.69, 9.17) is 14.7 Å². The summed E-state index contributed by atoms with van der Waals surface area (Å²) in [4.78, 5) is 36.8. The average Bonchev–Trinajstić information content (AvgIpc) is 3.03. The summed E-state index contributed by atoms with van der Waals surface area (Å²) in [5, 5.41) is 31.1. The van der Waals surface area contributed by atoms with Gasteiger partial charge in [0, 0.05) is 17.7 Å². The van der Waals surface area contributed by atoms with Crippen LogP contribution in [0.15, 0.2) is 48.0 Å². The van der Waals surface area contributed by atoms with Gasteiger partial charge in [-0.2, -0.15) is 5.26 Å². The number of aliphatic hydroxyl groups excluding tert-OH is 1. The normalized spacial score (nSPS) is 17.3. The lowest BCUT2D eigenvalue weighted by Crippen LogP contribution is -2.30. The van der Waals surface area contributed by atoms with Gasteiger partial charge < -0.3 is 19.5 Å². The minimum absolute atomic E-state index is 0.00497. The molecule has 1 aliphatic heterocycles. The Balaban J connectivity index is 2.24. The molecule has 0 bridgehead atoms. The second-order valence-corrected chi connectivity index (χ2v) is 6.51. The molecule has 10 nitrogen and oxygen atoms in total. The zero-order valence-electron chi connectivity index (χ0n) is 16.6. The molecule has 1 N–H and O–H groups in total. The number of ketones is 1. The Morgan fingerprint density at radius 1 is 1.19 bits per heavy atom. The van der Waals surface area contributed by atoms with Crippen LogP contribution >= 0.6 is 0 Å². The number of nitriles is 1. The van der Waals surface area contributed by atoms with Gasteiger partial charge in [0.15, 0.2) is 11.5 Å². The first-order valence-electron chi connectivity index (χ1n) is 8.96. The Morgan fingerprint density at radius 3 is 2.52 bits per heavy atom. The Hall–Kier alpha value is -4.39. The van der Waals surface area contributed by atoms with E-state index in [1.807, 2.05) is 6.07 Å². The first-order chi connectivity index (χ1) is 14.8. The maximum Gasteiger partial charge on any atom is 0.296 e. The Labute approximate surface area is 176 Å². The molecule has 3 rings (SSSR count). The molecule has 0 aliphatic carbocycles. The minimum Gasteiger partial charge on any atom is -0.507 e. The van der Waals surface area contributed by atoms with Crippen LogP contribution in [0, 0.1) is 21.4 Å². The lowest BCUT2D eigenvalue weighted by molar-refractivity contribution is -0.384. The van der Waals surface area contributed by atoms with Crippen molar-refractivity contribution in [3.05, 3.63) is 69.3 Å². The fraction of sp³-hybridized carbons (Fsp3) is 0.190. The van der Waals surface area contributed by atoms with Crippen molar-refractivity contribution >= 4 is 23.1 Å². The molecule has 1 unspecified atom stereocenters. The topological polar surface area (TPSA) is 143 Å². The zero-order chi connectivity index (χ0) is 22.7. The summed E-state index contributed by atoms with van der Waals surface area (Å²) >= 11 is 0. The summed E-state index contributed by atoms with van der Waals surface area (Å²) in [6, 6.07) is 10.5. The van der Waals surface area contributed by atoms with Crippen LogP contribution in [0.1, 0.15) is 17.2 Å². The van der Waals surface area contributed by atoms with E-state index in [1.54, 1.807) is 12.1 Å². The van der Waals surface area contributed by atoms with Crippen molar-refractivity contribution in [2.75, 3.05) is 20.8 Å². The van der Waals surface area contributed by atoms with E-state index in [0.29, 0.717) is 17.1 Å². The number of carbonyl (C=O) groups is 2. The number of nitrogens with zero attached hydrogens (tertiary/aromatic N) is 3. The third-order valence-electron chi connectivity index (χ3n) is 4.83. The van der Waals surface area contributed by atoms with E-state index in [9.17, 15) is 24.8 Å². The van der Waals surface area contributed by atoms with E-state index in [2.05, 4.69) is 0 Å². The summed E-state index contributed by atoms with van der Waals surface area (Å²) < 4.78 is 10.5. The van der Waals surface area contributed by atoms with E-state index in [1.165, 1.54) is 38.5 Å². The molecule has 2 aromatic carbocycles. The van der Waals surface area contributed by atoms with Crippen LogP contribution < -0.4 is 9.47 Å². The van der Waals surface area contributed by atoms with Gasteiger partial charge >= 0.3 is 0 Å². The van der Waals surface area contributed by atoms with Gasteiger partial charge in [-0.1, -0.05) is 18.2 Å². The molecule has 31 heavy (non-hydrogen) atoms. The quantitative estimate of drug-likeness (QED) is 0.186. The minimum atomic E-state index is -1.10. The molecule has 1 aliphatic rings. The van der Waals surface area contributed by atoms with Gasteiger partial charge in [0.2, 0.25) is 0 Å². The van der Waals surface area contributed by atoms with Crippen molar-refractivity contribution in [3.63, 3.8) is 0 Å². The number of aliphatic hydroxyl groups is 1. The van der Waals surface area contributed by atoms with Crippen molar-refractivity contribution < 1.29 is 29.1 Å². The Morgan fingerprint density at radius 2 is 1.90 bits per heavy atom. The second kappa shape index (κ2) is 8.54. The molecule has 1 atom stereocenters. The van der Waals surface area contributed by atoms with Gasteiger partial charge in [0.05, 0.1) is 36.8 Å². The van der Waals surface area contributed by atoms with E-state index < -0.39 is 35.0 Å². The fourth-order valence-corrected chi connectivity index (χ4v) is 3.41. The summed E-state index contributed by atoms with van der Waals surface area (Å²) in [7, 11) is 2.86. The molecular formula is C21H17N3O7. The van der Waals surface area contributed by atoms with Gasteiger partial charge in [-0.15, -0.1) is 0 Å². The number of amides is 1. The van der Waals surface area contributed by atoms with Crippen molar-refractivity contribution in [3.8, 4) is 17.6 Å². The largest absolute Gasteiger partial charge is 0.507 e. The fourth-order valence-electron chi connectivity index (χ4n) is 3.41. The molecule has 1 fully saturated rings. The molecule has 0 saturated carbocycles. The van der Waals surface area contributed by atoms with Crippen molar-refractivity contribution in [2.24, 2.45) is 0 Å². The second-order valence-electron chi connectivity index (χ2n) is 6.51. The number of ether oxygens (including phenoxy) is 2. The summed E-state index contributed by atoms with van der Waals surface area (Å²) in [6.07, 6.45) is 0. The maximum atomic E-state index is 12.8. The number of methoxy groups -OCH3 is 2. The Kier molecular flexibility index (Phi) is 5.88. The van der Waals surface area contributed by atoms with Crippen LogP contribution in [0.25, 0.3) is 5.76 Å². The highest BCUT2D eigenvalue weighted by Gasteiger charge is 2.46. The number of nitro benzene ring substituents is 1. The van der Waals surface area contributed by atoms with Crippen molar-refractivity contribution in [2.45, 2.75) is 6.04 Å². The average molecular weight is 423 g/mol. The lowest BCUT2D eigenvalue weighted by atomic mass is 9.95. The van der Waals surface area contributed by atoms with E-state index >= 15 is 0 Å². The van der Waals surface area contributed by atoms with E-state index in [-0.39, 0.29) is 16.8 Å². The molecule has 1 saturated heterocycles. The zero-order valence-corrected chi connectivity index (χ0v) is 16.6. The van der Waals surface area contributed by atoms with Crippen LogP contribution in [0.2, 0.25) is 0 Å². The molecule has 0 radical (unpaired) electrons. The van der Waals surface area contributed by atoms with Crippen LogP contribution in [-0.4, -0.2) is 47.4 Å². The highest BCUT2D eigenvalue weighted by atomic mass is 16.6. The van der Waals surface area contributed by atoms with Crippen LogP contribution in [0.5, 0.6) is 11.5 Å². The number of non-ortho nitro benzene ring substituents is 1. The van der Waals surface area contributed by atoms with Gasteiger partial charge in [-0.25, -0.2) is 0 Å². The monoisotopic (exact) mass is 423 g/mol. The third kappa shape index (κ3) is 3.76. The number of hydrogen-bond acceptors (Lipinski definition) is 8. The van der Waals surface area contributed by atoms with Crippen molar-refractivity contribution in [1.82, 2.24) is 4.90 Å². The van der Waals surface area contributed by atoms with Gasteiger partial charge in [0.25, 0.3) is 17.4 Å². The molecule has 2 aromatic rings. The number of rotatable bonds is 6. The van der Waals surface area contributed by atoms with Crippen molar-refractivity contribution in [1.29, 1.82) is 5.26 Å². The van der Waals surface area contributed by atoms with Crippen LogP contribution in [0.4, 0.5) is 5.69 Å². The number of likely N-dealkylation sites (tertiary alicyclic amines) is 1. The third-order valence-corrected chi connectivity index (χ3v) is 4.83. The van der Waals surface area contributed by atoms with Crippen LogP contribution in [-0.2, 0) is 9.59 Å². The van der Waals surface area contributed by atoms with Gasteiger partial charge in [0.1, 0.15) is 12.3 Å². The Bertz CT molecular complexity index is 1150. The first-order valence-corrected chi connectivity index (χ1v) is 8.96. The SMILES string of the molecule is COc1ccc(C2/C(=C(\O)c3cccc([N+](=O)[O-])c3)C(=O)C(=O)N2CC#N)cc1OC. The maximum absolute atomic E-state index is 12.8. The summed E-state index contributed by atoms with van der Waals surface area (Å²) in [5.41, 5.74) is -0.195. The van der Waals surface area contributed by atoms with Crippen LogP contribution in [0.3, 0.4) is 0 Å². The number of hydrogen-bond donors (Lipinski definition) is 1. The highest BCUT2D eigenvalue weighted by molar-refractivity contribution is 6.46. The standard InChI is InChI=1S/C21H17N3O7/c1-30-15-7-6-12(11-16(15)31-2)18-17(20(26)21(27)23(18)9-8-22)19(25)13-4-3-5-14(10-13)24(28)29/h3-7,10-11,18,25H,9H2,1-2H3/b19-17+. The smallest absolute Gasteiger partial charge is 0.296 e. The number of benzene rings is 2. The predicted octanol–water partition coefficient (Wildman–Crippen LogP) is 2.56. The number of nitro groups is 1. The highest BCUT2D eigenvalue weighted by Crippen LogP contribution is 2.41. The lowest BCUT2D eigenvalue weighted by Gasteiger charge is -2.23. The molecular weight excluding hydrogens is 406 g/mol. The van der Waals surface area contributed by atoms with E-state index in [0.717, 1.165) is 11.0 Å². The number of carbonyl (C=O) groups excluding carboxylic acids is 2. The summed E-state index contributed by atoms with van der Waals surface area (Å²) in [6.45, 7) is -0.407. The van der Waals surface area contributed by atoms with Gasteiger partial charge in [-0.05, 0) is 17.7 Å². The molecule has 10 heteroatoms. The molecule has 0 spiro atoms. The van der Waals surface area contributed by atoms with Gasteiger partial charge in [-0.3, -0.25) is 19.7 Å². The molecule has 0 aromatic heterocycles. The number of Topliss-reactive ketones (excluding diaryl/α,β-unsaturated/α-hetero) is 1. The molecule has 1 heterocycles. The molecule has 1 amide bonds.